The molecule has 0 aromatic heterocycles. The smallest absolute Gasteiger partial charge is 0.210 e. The van der Waals surface area contributed by atoms with E-state index in [1.807, 2.05) is 0 Å². The second-order valence-electron chi connectivity index (χ2n) is 13.4. The highest BCUT2D eigenvalue weighted by Gasteiger charge is 2.44. The summed E-state index contributed by atoms with van der Waals surface area (Å²) in [6.45, 7) is 13.5. The summed E-state index contributed by atoms with van der Waals surface area (Å²) < 4.78 is 42.1. The molecule has 2 aromatic carbocycles. The normalized spacial score (nSPS) is 20.3. The average Bonchev–Trinajstić information content (AvgIpc) is 3.26. The van der Waals surface area contributed by atoms with E-state index in [4.69, 9.17) is 22.4 Å². The SMILES string of the molecule is COc1cc2c(cc1C)N(C)C(=CC=C1CCCC(C=CC3=[N+](C)c4cc(C)c(OC)cc4C3(C)C)=C1Br)C2(C)C.CS(=O)(=O)[O-]. The van der Waals surface area contributed by atoms with E-state index in [1.165, 1.54) is 49.5 Å². The van der Waals surface area contributed by atoms with Crippen molar-refractivity contribution in [2.24, 2.45) is 0 Å². The van der Waals surface area contributed by atoms with Crippen molar-refractivity contribution in [1.29, 1.82) is 0 Å². The van der Waals surface area contributed by atoms with Gasteiger partial charge in [0.2, 0.25) is 5.69 Å². The van der Waals surface area contributed by atoms with Gasteiger partial charge in [0.15, 0.2) is 5.71 Å². The van der Waals surface area contributed by atoms with Crippen LogP contribution in [0.1, 0.15) is 69.2 Å². The quantitative estimate of drug-likeness (QED) is 0.230. The molecule has 0 saturated carbocycles. The third-order valence-electron chi connectivity index (χ3n) is 9.44. The zero-order valence-electron chi connectivity index (χ0n) is 29.0. The lowest BCUT2D eigenvalue weighted by molar-refractivity contribution is -0.401. The van der Waals surface area contributed by atoms with Crippen LogP contribution in [0.5, 0.6) is 11.5 Å². The third kappa shape index (κ3) is 6.92. The molecule has 1 aliphatic carbocycles. The lowest BCUT2D eigenvalue weighted by Gasteiger charge is -2.24. The Morgan fingerprint density at radius 1 is 0.913 bits per heavy atom. The van der Waals surface area contributed by atoms with Crippen LogP contribution in [-0.4, -0.2) is 57.8 Å². The number of fused-ring (bicyclic) bond motifs is 2. The van der Waals surface area contributed by atoms with E-state index in [1.54, 1.807) is 14.2 Å². The fraction of sp³-hybridized carbons (Fsp3) is 0.432. The van der Waals surface area contributed by atoms with Crippen LogP contribution >= 0.6 is 15.9 Å². The first-order valence-electron chi connectivity index (χ1n) is 15.4. The molecule has 0 saturated heterocycles. The minimum atomic E-state index is -3.92. The fourth-order valence-electron chi connectivity index (χ4n) is 6.92. The number of rotatable bonds is 5. The van der Waals surface area contributed by atoms with E-state index < -0.39 is 10.1 Å². The van der Waals surface area contributed by atoms with Crippen molar-refractivity contribution in [3.8, 4) is 11.5 Å². The fourth-order valence-corrected chi connectivity index (χ4v) is 7.58. The van der Waals surface area contributed by atoms with Gasteiger partial charge in [-0.1, -0.05) is 41.9 Å². The summed E-state index contributed by atoms with van der Waals surface area (Å²) in [5.41, 5.74) is 12.5. The number of hydrogen-bond acceptors (Lipinski definition) is 6. The minimum Gasteiger partial charge on any atom is -0.748 e. The van der Waals surface area contributed by atoms with Gasteiger partial charge in [0.25, 0.3) is 0 Å². The summed E-state index contributed by atoms with van der Waals surface area (Å²) in [4.78, 5) is 2.34. The molecule has 0 atom stereocenters. The monoisotopic (exact) mass is 710 g/mol. The van der Waals surface area contributed by atoms with Gasteiger partial charge in [-0.25, -0.2) is 8.42 Å². The van der Waals surface area contributed by atoms with Crippen molar-refractivity contribution < 1.29 is 27.0 Å². The van der Waals surface area contributed by atoms with Crippen molar-refractivity contribution in [1.82, 2.24) is 0 Å². The van der Waals surface area contributed by atoms with E-state index in [-0.39, 0.29) is 10.8 Å². The maximum absolute atomic E-state index is 9.08. The summed E-state index contributed by atoms with van der Waals surface area (Å²) >= 11 is 4.00. The van der Waals surface area contributed by atoms with Gasteiger partial charge in [-0.3, -0.25) is 0 Å². The summed E-state index contributed by atoms with van der Waals surface area (Å²) in [5.74, 6) is 1.90. The molecular formula is C37H47BrN2O5S. The van der Waals surface area contributed by atoms with Gasteiger partial charge in [0.05, 0.1) is 29.8 Å². The Kier molecular flexibility index (Phi) is 10.2. The maximum atomic E-state index is 9.08. The van der Waals surface area contributed by atoms with Crippen molar-refractivity contribution >= 4 is 43.1 Å². The van der Waals surface area contributed by atoms with Crippen LogP contribution in [0.4, 0.5) is 11.4 Å². The second-order valence-corrected chi connectivity index (χ2v) is 15.6. The standard InChI is InChI=1S/C36H44BrN2O2.CH4O3S/c1-22-18-28-26(20-30(22)40-9)35(3,4)32(38(28)7)16-14-24-12-11-13-25(34(24)37)15-17-33-36(5,6)27-21-31(41-10)23(2)19-29(27)39(33)8;1-5(2,3)4/h14-21H,11-13H2,1-10H3;1H3,(H,2,3,4)/q+1;/p-1. The van der Waals surface area contributed by atoms with Crippen LogP contribution in [-0.2, 0) is 20.9 Å². The topological polar surface area (TPSA) is 81.9 Å². The van der Waals surface area contributed by atoms with Crippen molar-refractivity contribution in [2.75, 3.05) is 39.5 Å². The Balaban J connectivity index is 0.000000892. The van der Waals surface area contributed by atoms with Gasteiger partial charge < -0.3 is 18.9 Å². The largest absolute Gasteiger partial charge is 0.748 e. The molecule has 2 heterocycles. The molecule has 0 fully saturated rings. The number of hydrogen-bond donors (Lipinski definition) is 0. The Hall–Kier alpha value is -3.14. The van der Waals surface area contributed by atoms with Crippen LogP contribution in [0.3, 0.4) is 0 Å². The van der Waals surface area contributed by atoms with Crippen molar-refractivity contribution in [2.45, 2.75) is 71.6 Å². The molecule has 0 N–H and O–H groups in total. The molecule has 0 amide bonds. The predicted octanol–water partition coefficient (Wildman–Crippen LogP) is 8.12. The molecule has 5 rings (SSSR count). The lowest BCUT2D eigenvalue weighted by atomic mass is 9.80. The molecular weight excluding hydrogens is 664 g/mol. The van der Waals surface area contributed by atoms with E-state index in [0.717, 1.165) is 41.9 Å². The number of allylic oxidation sites excluding steroid dienone is 8. The van der Waals surface area contributed by atoms with Gasteiger partial charge in [0, 0.05) is 52.3 Å². The third-order valence-corrected chi connectivity index (χ3v) is 10.5. The molecule has 2 aromatic rings. The molecule has 2 aliphatic heterocycles. The van der Waals surface area contributed by atoms with Crippen LogP contribution in [0.15, 0.2) is 69.9 Å². The van der Waals surface area contributed by atoms with Gasteiger partial charge in [0.1, 0.15) is 18.5 Å². The highest BCUT2D eigenvalue weighted by molar-refractivity contribution is 9.12. The first-order valence-corrected chi connectivity index (χ1v) is 18.1. The number of methoxy groups -OCH3 is 2. The first-order chi connectivity index (χ1) is 21.3. The summed E-state index contributed by atoms with van der Waals surface area (Å²) in [5, 5.41) is 0. The summed E-state index contributed by atoms with van der Waals surface area (Å²) in [6, 6.07) is 8.92. The van der Waals surface area contributed by atoms with Crippen LogP contribution in [0.2, 0.25) is 0 Å². The van der Waals surface area contributed by atoms with Crippen LogP contribution in [0, 0.1) is 13.8 Å². The van der Waals surface area contributed by atoms with E-state index >= 15 is 0 Å². The zero-order chi connectivity index (χ0) is 34.4. The molecule has 0 radical (unpaired) electrons. The van der Waals surface area contributed by atoms with Gasteiger partial charge in [-0.15, -0.1) is 0 Å². The Morgan fingerprint density at radius 2 is 1.48 bits per heavy atom. The predicted molar refractivity (Wildman–Crippen MR) is 191 cm³/mol. The number of halogens is 1. The van der Waals surface area contributed by atoms with E-state index in [0.29, 0.717) is 6.26 Å². The lowest BCUT2D eigenvalue weighted by Crippen LogP contribution is -2.26. The van der Waals surface area contributed by atoms with Gasteiger partial charge in [-0.05, 0) is 99.1 Å². The van der Waals surface area contributed by atoms with Gasteiger partial charge in [-0.2, -0.15) is 4.58 Å². The summed E-state index contributed by atoms with van der Waals surface area (Å²) in [6.07, 6.45) is 13.2. The first kappa shape index (κ1) is 35.7. The summed E-state index contributed by atoms with van der Waals surface area (Å²) in [7, 11) is 3.94. The number of aryl methyl sites for hydroxylation is 2. The van der Waals surface area contributed by atoms with Gasteiger partial charge >= 0.3 is 0 Å². The molecule has 0 unspecified atom stereocenters. The molecule has 46 heavy (non-hydrogen) atoms. The zero-order valence-corrected chi connectivity index (χ0v) is 31.4. The number of benzene rings is 2. The highest BCUT2D eigenvalue weighted by atomic mass is 79.9. The number of ether oxygens (including phenoxy) is 2. The second kappa shape index (κ2) is 13.2. The Bertz CT molecular complexity index is 1820. The maximum Gasteiger partial charge on any atom is 0.210 e. The van der Waals surface area contributed by atoms with Crippen molar-refractivity contribution in [3.05, 3.63) is 92.1 Å². The average molecular weight is 712 g/mol. The number of anilines is 1. The van der Waals surface area contributed by atoms with E-state index in [9.17, 15) is 0 Å². The molecule has 9 heteroatoms. The highest BCUT2D eigenvalue weighted by Crippen LogP contribution is 2.49. The number of likely N-dealkylation sites (N-methyl/N-ethyl adjacent to an activating group) is 1. The van der Waals surface area contributed by atoms with E-state index in [2.05, 4.69) is 130 Å². The molecule has 248 valence electrons. The van der Waals surface area contributed by atoms with Crippen molar-refractivity contribution in [3.63, 3.8) is 0 Å². The molecule has 0 spiro atoms. The molecule has 3 aliphatic rings. The van der Waals surface area contributed by atoms with Crippen LogP contribution < -0.4 is 14.4 Å². The molecule has 7 nitrogen and oxygen atoms in total. The minimum absolute atomic E-state index is 0.110. The molecule has 0 bridgehead atoms. The number of nitrogens with zero attached hydrogens (tertiary/aromatic N) is 2. The Morgan fingerprint density at radius 3 is 2.07 bits per heavy atom. The van der Waals surface area contributed by atoms with Crippen LogP contribution in [0.25, 0.3) is 0 Å². The Labute approximate surface area is 283 Å².